The normalized spacial score (nSPS) is 12.7. The number of aromatic amines is 1. The molecule has 0 aliphatic rings. The van der Waals surface area contributed by atoms with E-state index in [2.05, 4.69) is 74.7 Å². The molecule has 2 heterocycles. The van der Waals surface area contributed by atoms with Crippen molar-refractivity contribution < 1.29 is 9.53 Å². The number of aryl methyl sites for hydroxylation is 2. The van der Waals surface area contributed by atoms with Crippen LogP contribution in [0.4, 0.5) is 5.82 Å². The zero-order valence-corrected chi connectivity index (χ0v) is 24.5. The van der Waals surface area contributed by atoms with Gasteiger partial charge in [0.2, 0.25) is 0 Å². The third-order valence-corrected chi connectivity index (χ3v) is 7.16. The Morgan fingerprint density at radius 1 is 1.03 bits per heavy atom. The summed E-state index contributed by atoms with van der Waals surface area (Å²) in [5.41, 5.74) is 10.3. The lowest BCUT2D eigenvalue weighted by Gasteiger charge is -2.31. The maximum Gasteiger partial charge on any atom is 0.150 e. The summed E-state index contributed by atoms with van der Waals surface area (Å²) >= 11 is 0. The molecular formula is C31H49N5O2. The van der Waals surface area contributed by atoms with Gasteiger partial charge in [-0.15, -0.1) is 0 Å². The number of nitrogens with two attached hydrogens (primary N) is 1. The van der Waals surface area contributed by atoms with Crippen molar-refractivity contribution in [2.24, 2.45) is 10.8 Å². The fraction of sp³-hybridized carbons (Fsp3) is 0.645. The van der Waals surface area contributed by atoms with E-state index in [0.717, 1.165) is 79.2 Å². The number of nitrogens with one attached hydrogen (secondary N) is 1. The van der Waals surface area contributed by atoms with E-state index in [4.69, 9.17) is 15.5 Å². The van der Waals surface area contributed by atoms with E-state index in [-0.39, 0.29) is 10.8 Å². The van der Waals surface area contributed by atoms with Crippen LogP contribution in [0.1, 0.15) is 84.5 Å². The third-order valence-electron chi connectivity index (χ3n) is 7.16. The van der Waals surface area contributed by atoms with E-state index in [1.807, 2.05) is 0 Å². The van der Waals surface area contributed by atoms with Gasteiger partial charge in [-0.1, -0.05) is 59.6 Å². The number of nitrogens with zero attached hydrogens (tertiary/aromatic N) is 3. The number of fused-ring (bicyclic) bond motifs is 3. The van der Waals surface area contributed by atoms with Crippen molar-refractivity contribution in [3.63, 3.8) is 0 Å². The summed E-state index contributed by atoms with van der Waals surface area (Å²) in [5.74, 6) is 1.52. The second kappa shape index (κ2) is 13.5. The Labute approximate surface area is 228 Å². The van der Waals surface area contributed by atoms with Crippen LogP contribution in [-0.2, 0) is 22.4 Å². The molecule has 0 fully saturated rings. The van der Waals surface area contributed by atoms with Crippen LogP contribution in [0.5, 0.6) is 0 Å². The zero-order valence-electron chi connectivity index (χ0n) is 24.5. The predicted molar refractivity (Wildman–Crippen MR) is 159 cm³/mol. The highest BCUT2D eigenvalue weighted by Crippen LogP contribution is 2.28. The van der Waals surface area contributed by atoms with Gasteiger partial charge in [0.15, 0.2) is 0 Å². The number of ether oxygens (including phenoxy) is 1. The molecule has 0 saturated carbocycles. The van der Waals surface area contributed by atoms with Gasteiger partial charge >= 0.3 is 0 Å². The molecular weight excluding hydrogens is 474 g/mol. The SMILES string of the molecule is CCCCc1nc2c([nH]1)c(N)nc1cc(CCCCCN(C)CC(C)(C)COCC(C)(C)CC=O)ccc12. The minimum atomic E-state index is -0.0968. The minimum absolute atomic E-state index is 0.0719. The lowest BCUT2D eigenvalue weighted by Crippen LogP contribution is -2.36. The topological polar surface area (TPSA) is 97.1 Å². The average Bonchev–Trinajstić information content (AvgIpc) is 3.27. The molecule has 1 aromatic carbocycles. The molecule has 3 rings (SSSR count). The summed E-state index contributed by atoms with van der Waals surface area (Å²) in [6.45, 7) is 14.2. The molecule has 210 valence electrons. The number of carbonyl (C=O) groups is 1. The van der Waals surface area contributed by atoms with Crippen molar-refractivity contribution in [1.82, 2.24) is 19.9 Å². The van der Waals surface area contributed by atoms with Crippen LogP contribution in [-0.4, -0.2) is 59.5 Å². The Balaban J connectivity index is 1.44. The predicted octanol–water partition coefficient (Wildman–Crippen LogP) is 6.34. The van der Waals surface area contributed by atoms with Crippen LogP contribution in [0, 0.1) is 10.8 Å². The number of unbranched alkanes of at least 4 members (excludes halogenated alkanes) is 3. The Bertz CT molecular complexity index is 1180. The maximum atomic E-state index is 10.8. The van der Waals surface area contributed by atoms with E-state index in [1.54, 1.807) is 0 Å². The average molecular weight is 524 g/mol. The van der Waals surface area contributed by atoms with Gasteiger partial charge in [0.05, 0.1) is 18.7 Å². The summed E-state index contributed by atoms with van der Waals surface area (Å²) in [7, 11) is 2.20. The monoisotopic (exact) mass is 523 g/mol. The molecule has 0 aliphatic carbocycles. The Hall–Kier alpha value is -2.51. The van der Waals surface area contributed by atoms with Crippen molar-refractivity contribution in [2.75, 3.05) is 39.1 Å². The molecule has 2 aromatic heterocycles. The van der Waals surface area contributed by atoms with Crippen LogP contribution < -0.4 is 5.73 Å². The number of carbonyl (C=O) groups excluding carboxylic acids is 1. The summed E-state index contributed by atoms with van der Waals surface area (Å²) in [6.07, 6.45) is 9.25. The molecule has 0 radical (unpaired) electrons. The largest absolute Gasteiger partial charge is 0.382 e. The number of hydrogen-bond donors (Lipinski definition) is 2. The number of rotatable bonds is 17. The fourth-order valence-corrected chi connectivity index (χ4v) is 5.11. The fourth-order valence-electron chi connectivity index (χ4n) is 5.11. The molecule has 38 heavy (non-hydrogen) atoms. The van der Waals surface area contributed by atoms with Crippen molar-refractivity contribution in [3.8, 4) is 0 Å². The molecule has 3 N–H and O–H groups in total. The van der Waals surface area contributed by atoms with Crippen LogP contribution in [0.15, 0.2) is 18.2 Å². The first-order chi connectivity index (χ1) is 18.0. The molecule has 0 amide bonds. The Kier molecular flexibility index (Phi) is 10.7. The molecule has 0 unspecified atom stereocenters. The number of H-pyrrole nitrogens is 1. The molecule has 0 bridgehead atoms. The van der Waals surface area contributed by atoms with E-state index in [9.17, 15) is 4.79 Å². The van der Waals surface area contributed by atoms with Gasteiger partial charge in [-0.05, 0) is 56.3 Å². The van der Waals surface area contributed by atoms with Crippen LogP contribution in [0.25, 0.3) is 21.9 Å². The number of aldehydes is 1. The highest BCUT2D eigenvalue weighted by Gasteiger charge is 2.23. The second-order valence-corrected chi connectivity index (χ2v) is 12.6. The van der Waals surface area contributed by atoms with Gasteiger partial charge in [-0.3, -0.25) is 0 Å². The van der Waals surface area contributed by atoms with Crippen molar-refractivity contribution in [2.45, 2.75) is 86.0 Å². The van der Waals surface area contributed by atoms with Gasteiger partial charge in [0.1, 0.15) is 29.0 Å². The van der Waals surface area contributed by atoms with E-state index in [1.165, 1.54) is 18.4 Å². The first-order valence-corrected chi connectivity index (χ1v) is 14.3. The number of imidazole rings is 1. The summed E-state index contributed by atoms with van der Waals surface area (Å²) in [5, 5.41) is 1.07. The number of nitrogen functional groups attached to an aromatic ring is 1. The number of hydrogen-bond acceptors (Lipinski definition) is 6. The first-order valence-electron chi connectivity index (χ1n) is 14.3. The smallest absolute Gasteiger partial charge is 0.150 e. The van der Waals surface area contributed by atoms with E-state index < -0.39 is 0 Å². The Morgan fingerprint density at radius 2 is 1.79 bits per heavy atom. The second-order valence-electron chi connectivity index (χ2n) is 12.6. The first kappa shape index (κ1) is 30.0. The molecule has 0 aliphatic heterocycles. The van der Waals surface area contributed by atoms with Crippen molar-refractivity contribution >= 4 is 34.0 Å². The zero-order chi connectivity index (χ0) is 27.8. The molecule has 7 nitrogen and oxygen atoms in total. The quantitative estimate of drug-likeness (QED) is 0.158. The van der Waals surface area contributed by atoms with Crippen LogP contribution in [0.3, 0.4) is 0 Å². The van der Waals surface area contributed by atoms with Gasteiger partial charge in [-0.2, -0.15) is 0 Å². The molecule has 0 spiro atoms. The summed E-state index contributed by atoms with van der Waals surface area (Å²) in [6, 6.07) is 6.55. The number of aromatic nitrogens is 3. The number of benzene rings is 1. The van der Waals surface area contributed by atoms with Gasteiger partial charge in [-0.25, -0.2) is 9.97 Å². The van der Waals surface area contributed by atoms with Gasteiger partial charge < -0.3 is 25.1 Å². The molecule has 3 aromatic rings. The lowest BCUT2D eigenvalue weighted by atomic mass is 9.90. The molecule has 0 saturated heterocycles. The highest BCUT2D eigenvalue weighted by atomic mass is 16.5. The molecule has 0 atom stereocenters. The minimum Gasteiger partial charge on any atom is -0.382 e. The van der Waals surface area contributed by atoms with Crippen molar-refractivity contribution in [3.05, 3.63) is 29.6 Å². The Morgan fingerprint density at radius 3 is 2.53 bits per heavy atom. The lowest BCUT2D eigenvalue weighted by molar-refractivity contribution is -0.110. The van der Waals surface area contributed by atoms with Crippen molar-refractivity contribution in [1.29, 1.82) is 0 Å². The summed E-state index contributed by atoms with van der Waals surface area (Å²) < 4.78 is 5.98. The van der Waals surface area contributed by atoms with Crippen LogP contribution in [0.2, 0.25) is 0 Å². The standard InChI is InChI=1S/C31H49N5O2/c1-7-8-13-26-34-27-24-15-14-23(19-25(24)33-29(32)28(27)35-26)12-10-9-11-17-36(6)20-31(4,5)22-38-21-30(2,3)16-18-37/h14-15,18-19H,7-13,16-17,20-22H2,1-6H3,(H2,32,33)(H,34,35). The number of anilines is 1. The third kappa shape index (κ3) is 8.77. The van der Waals surface area contributed by atoms with E-state index in [0.29, 0.717) is 25.5 Å². The van der Waals surface area contributed by atoms with Gasteiger partial charge in [0, 0.05) is 30.2 Å². The van der Waals surface area contributed by atoms with E-state index >= 15 is 0 Å². The highest BCUT2D eigenvalue weighted by molar-refractivity contribution is 6.06. The van der Waals surface area contributed by atoms with Crippen LogP contribution >= 0.6 is 0 Å². The summed E-state index contributed by atoms with van der Waals surface area (Å²) in [4.78, 5) is 26.1. The van der Waals surface area contributed by atoms with Gasteiger partial charge in [0.25, 0.3) is 0 Å². The maximum absolute atomic E-state index is 10.8. The molecule has 7 heteroatoms. The number of pyridine rings is 1.